The summed E-state index contributed by atoms with van der Waals surface area (Å²) in [5.41, 5.74) is 0. The molecule has 18 heavy (non-hydrogen) atoms. The molecule has 2 aliphatic carbocycles. The number of thioether (sulfide) groups is 1. The molecule has 0 bridgehead atoms. The molecule has 0 N–H and O–H groups in total. The smallest absolute Gasteiger partial charge is 0.191 e. The number of rotatable bonds is 8. The number of aromatic nitrogens is 3. The zero-order valence-electron chi connectivity index (χ0n) is 10.6. The van der Waals surface area contributed by atoms with E-state index >= 15 is 0 Å². The molecular formula is C13H20BrN3S. The average Bonchev–Trinajstić information content (AvgIpc) is 3.28. The number of hydrogen-bond acceptors (Lipinski definition) is 3. The van der Waals surface area contributed by atoms with Crippen LogP contribution in [0.2, 0.25) is 0 Å². The lowest BCUT2D eigenvalue weighted by Crippen LogP contribution is -2.02. The molecule has 0 spiro atoms. The van der Waals surface area contributed by atoms with E-state index in [0.29, 0.717) is 0 Å². The van der Waals surface area contributed by atoms with Crippen molar-refractivity contribution in [2.75, 3.05) is 11.1 Å². The summed E-state index contributed by atoms with van der Waals surface area (Å²) in [7, 11) is 0. The molecule has 100 valence electrons. The molecule has 0 amide bonds. The molecule has 0 radical (unpaired) electrons. The van der Waals surface area contributed by atoms with E-state index in [2.05, 4.69) is 30.7 Å². The van der Waals surface area contributed by atoms with Crippen molar-refractivity contribution in [1.29, 1.82) is 0 Å². The highest BCUT2D eigenvalue weighted by molar-refractivity contribution is 9.09. The highest BCUT2D eigenvalue weighted by Crippen LogP contribution is 2.46. The van der Waals surface area contributed by atoms with Gasteiger partial charge in [0.2, 0.25) is 0 Å². The Morgan fingerprint density at radius 1 is 1.11 bits per heavy atom. The molecule has 0 aliphatic heterocycles. The van der Waals surface area contributed by atoms with E-state index < -0.39 is 0 Å². The number of halogens is 1. The van der Waals surface area contributed by atoms with Gasteiger partial charge in [0.15, 0.2) is 5.16 Å². The minimum absolute atomic E-state index is 0.723. The molecule has 2 fully saturated rings. The molecule has 0 atom stereocenters. The number of unbranched alkanes of at least 4 members (excludes halogenated alkanes) is 2. The summed E-state index contributed by atoms with van der Waals surface area (Å²) in [4.78, 5) is 0. The van der Waals surface area contributed by atoms with Crippen LogP contribution in [0.15, 0.2) is 5.16 Å². The Kier molecular flexibility index (Phi) is 4.29. The third-order valence-corrected chi connectivity index (χ3v) is 5.14. The van der Waals surface area contributed by atoms with Gasteiger partial charge in [0.05, 0.1) is 0 Å². The van der Waals surface area contributed by atoms with Crippen LogP contribution < -0.4 is 0 Å². The second-order valence-electron chi connectivity index (χ2n) is 5.31. The normalized spacial score (nSPS) is 19.4. The Balaban J connectivity index is 1.57. The first-order chi connectivity index (χ1) is 8.90. The molecule has 0 unspecified atom stereocenters. The van der Waals surface area contributed by atoms with Crippen LogP contribution in [0.3, 0.4) is 0 Å². The average molecular weight is 330 g/mol. The molecular weight excluding hydrogens is 310 g/mol. The maximum Gasteiger partial charge on any atom is 0.191 e. The zero-order chi connectivity index (χ0) is 12.4. The second-order valence-corrected chi connectivity index (χ2v) is 7.17. The topological polar surface area (TPSA) is 30.7 Å². The second kappa shape index (κ2) is 5.95. The van der Waals surface area contributed by atoms with Crippen molar-refractivity contribution in [2.45, 2.75) is 62.1 Å². The Hall–Kier alpha value is -0.0300. The predicted molar refractivity (Wildman–Crippen MR) is 78.6 cm³/mol. The quantitative estimate of drug-likeness (QED) is 0.408. The van der Waals surface area contributed by atoms with Gasteiger partial charge in [0.25, 0.3) is 0 Å². The van der Waals surface area contributed by atoms with Crippen LogP contribution in [-0.2, 0) is 0 Å². The van der Waals surface area contributed by atoms with Crippen LogP contribution in [-0.4, -0.2) is 25.8 Å². The van der Waals surface area contributed by atoms with Gasteiger partial charge in [-0.1, -0.05) is 34.1 Å². The van der Waals surface area contributed by atoms with Crippen molar-refractivity contribution in [3.8, 4) is 0 Å². The van der Waals surface area contributed by atoms with Crippen LogP contribution in [0.5, 0.6) is 0 Å². The third-order valence-electron chi connectivity index (χ3n) is 3.55. The molecule has 3 nitrogen and oxygen atoms in total. The Morgan fingerprint density at radius 2 is 1.94 bits per heavy atom. The molecule has 2 saturated carbocycles. The van der Waals surface area contributed by atoms with E-state index in [0.717, 1.165) is 17.3 Å². The maximum atomic E-state index is 4.44. The first-order valence-electron chi connectivity index (χ1n) is 7.03. The van der Waals surface area contributed by atoms with Crippen molar-refractivity contribution >= 4 is 27.7 Å². The lowest BCUT2D eigenvalue weighted by Gasteiger charge is -2.07. The summed E-state index contributed by atoms with van der Waals surface area (Å²) >= 11 is 5.38. The van der Waals surface area contributed by atoms with Gasteiger partial charge < -0.3 is 4.57 Å². The van der Waals surface area contributed by atoms with Crippen molar-refractivity contribution in [2.24, 2.45) is 0 Å². The number of alkyl halides is 1. The fraction of sp³-hybridized carbons (Fsp3) is 0.846. The molecule has 0 saturated heterocycles. The predicted octanol–water partition coefficient (Wildman–Crippen LogP) is 4.15. The monoisotopic (exact) mass is 329 g/mol. The first kappa shape index (κ1) is 13.0. The van der Waals surface area contributed by atoms with E-state index in [9.17, 15) is 0 Å². The van der Waals surface area contributed by atoms with E-state index in [1.807, 2.05) is 11.8 Å². The first-order valence-corrected chi connectivity index (χ1v) is 9.14. The van der Waals surface area contributed by atoms with Crippen molar-refractivity contribution in [3.63, 3.8) is 0 Å². The van der Waals surface area contributed by atoms with Crippen LogP contribution in [0.1, 0.15) is 62.7 Å². The van der Waals surface area contributed by atoms with Gasteiger partial charge in [-0.05, 0) is 38.5 Å². The molecule has 1 heterocycles. The van der Waals surface area contributed by atoms with Crippen LogP contribution >= 0.6 is 27.7 Å². The summed E-state index contributed by atoms with van der Waals surface area (Å²) in [6, 6.07) is 0.723. The Labute approximate surface area is 121 Å². The van der Waals surface area contributed by atoms with Gasteiger partial charge in [-0.15, -0.1) is 10.2 Å². The van der Waals surface area contributed by atoms with Gasteiger partial charge in [-0.2, -0.15) is 0 Å². The highest BCUT2D eigenvalue weighted by Gasteiger charge is 2.36. The Morgan fingerprint density at radius 3 is 2.61 bits per heavy atom. The SMILES string of the molecule is BrCCCCCSc1nnc(C2CC2)n1C1CC1. The largest absolute Gasteiger partial charge is 0.303 e. The van der Waals surface area contributed by atoms with Gasteiger partial charge in [0.1, 0.15) is 5.82 Å². The number of hydrogen-bond donors (Lipinski definition) is 0. The van der Waals surface area contributed by atoms with Gasteiger partial charge >= 0.3 is 0 Å². The zero-order valence-corrected chi connectivity index (χ0v) is 13.0. The minimum Gasteiger partial charge on any atom is -0.303 e. The van der Waals surface area contributed by atoms with Crippen molar-refractivity contribution < 1.29 is 0 Å². The van der Waals surface area contributed by atoms with Crippen LogP contribution in [0.25, 0.3) is 0 Å². The molecule has 0 aromatic carbocycles. The fourth-order valence-electron chi connectivity index (χ4n) is 2.22. The Bertz CT molecular complexity index is 399. The van der Waals surface area contributed by atoms with Crippen LogP contribution in [0.4, 0.5) is 0 Å². The van der Waals surface area contributed by atoms with E-state index in [4.69, 9.17) is 0 Å². The van der Waals surface area contributed by atoms with E-state index in [1.165, 1.54) is 61.7 Å². The molecule has 2 aliphatic rings. The van der Waals surface area contributed by atoms with Crippen molar-refractivity contribution in [3.05, 3.63) is 5.82 Å². The number of nitrogens with zero attached hydrogens (tertiary/aromatic N) is 3. The fourth-order valence-corrected chi connectivity index (χ4v) is 3.63. The minimum atomic E-state index is 0.723. The summed E-state index contributed by atoms with van der Waals surface area (Å²) in [6.07, 6.45) is 9.17. The molecule has 3 rings (SSSR count). The summed E-state index contributed by atoms with van der Waals surface area (Å²) in [5, 5.41) is 11.2. The standard InChI is InChI=1S/C13H20BrN3S/c14-8-2-1-3-9-18-13-16-15-12(10-4-5-10)17(13)11-6-7-11/h10-11H,1-9H2. The van der Waals surface area contributed by atoms with Gasteiger partial charge in [-0.3, -0.25) is 0 Å². The van der Waals surface area contributed by atoms with Gasteiger partial charge in [0, 0.05) is 23.0 Å². The van der Waals surface area contributed by atoms with Gasteiger partial charge in [-0.25, -0.2) is 0 Å². The molecule has 1 aromatic heterocycles. The summed E-state index contributed by atoms with van der Waals surface area (Å²) in [5.74, 6) is 3.18. The highest BCUT2D eigenvalue weighted by atomic mass is 79.9. The summed E-state index contributed by atoms with van der Waals surface area (Å²) < 4.78 is 2.45. The lowest BCUT2D eigenvalue weighted by atomic mass is 10.3. The molecule has 1 aromatic rings. The third kappa shape index (κ3) is 3.10. The maximum absolute atomic E-state index is 4.44. The van der Waals surface area contributed by atoms with E-state index in [-0.39, 0.29) is 0 Å². The van der Waals surface area contributed by atoms with E-state index in [1.54, 1.807) is 0 Å². The lowest BCUT2D eigenvalue weighted by molar-refractivity contribution is 0.626. The van der Waals surface area contributed by atoms with Crippen LogP contribution in [0, 0.1) is 0 Å². The van der Waals surface area contributed by atoms with Crippen molar-refractivity contribution in [1.82, 2.24) is 14.8 Å². The molecule has 5 heteroatoms. The summed E-state index contributed by atoms with van der Waals surface area (Å²) in [6.45, 7) is 0.